The number of benzene rings is 3. The SMILES string of the molecule is CCOC(=O)COc1c(Br)cc(/C=C2\SC(=O)N(Cc3cccc4ccccc34)C2=O)cc1OC. The molecule has 0 aliphatic carbocycles. The lowest BCUT2D eigenvalue weighted by molar-refractivity contribution is -0.145. The monoisotopic (exact) mass is 555 g/mol. The van der Waals surface area contributed by atoms with E-state index in [9.17, 15) is 14.4 Å². The van der Waals surface area contributed by atoms with Gasteiger partial charge in [-0.05, 0) is 74.7 Å². The van der Waals surface area contributed by atoms with Crippen LogP contribution in [-0.2, 0) is 20.9 Å². The molecule has 1 fully saturated rings. The first-order valence-electron chi connectivity index (χ1n) is 10.8. The van der Waals surface area contributed by atoms with Crippen molar-refractivity contribution in [2.45, 2.75) is 13.5 Å². The third-order valence-corrected chi connectivity index (χ3v) is 6.77. The maximum Gasteiger partial charge on any atom is 0.344 e. The van der Waals surface area contributed by atoms with Crippen LogP contribution in [0.5, 0.6) is 11.5 Å². The zero-order chi connectivity index (χ0) is 24.9. The van der Waals surface area contributed by atoms with Gasteiger partial charge in [0.05, 0.1) is 29.6 Å². The first-order valence-corrected chi connectivity index (χ1v) is 12.4. The van der Waals surface area contributed by atoms with E-state index in [0.29, 0.717) is 26.4 Å². The predicted molar refractivity (Wildman–Crippen MR) is 138 cm³/mol. The molecule has 1 saturated heterocycles. The number of hydrogen-bond acceptors (Lipinski definition) is 7. The van der Waals surface area contributed by atoms with Crippen molar-refractivity contribution in [2.75, 3.05) is 20.3 Å². The Bertz CT molecular complexity index is 1330. The summed E-state index contributed by atoms with van der Waals surface area (Å²) in [6.07, 6.45) is 1.64. The quantitative estimate of drug-likeness (QED) is 0.257. The molecule has 2 amide bonds. The number of methoxy groups -OCH3 is 1. The molecule has 0 spiro atoms. The highest BCUT2D eigenvalue weighted by Crippen LogP contribution is 2.39. The van der Waals surface area contributed by atoms with E-state index in [0.717, 1.165) is 28.1 Å². The lowest BCUT2D eigenvalue weighted by Crippen LogP contribution is -2.27. The molecule has 0 aromatic heterocycles. The van der Waals surface area contributed by atoms with Crippen molar-refractivity contribution >= 4 is 61.7 Å². The number of ether oxygens (including phenoxy) is 3. The molecular weight excluding hydrogens is 534 g/mol. The summed E-state index contributed by atoms with van der Waals surface area (Å²) in [6.45, 7) is 1.90. The molecule has 0 atom stereocenters. The van der Waals surface area contributed by atoms with E-state index in [1.54, 1.807) is 25.1 Å². The molecule has 9 heteroatoms. The highest BCUT2D eigenvalue weighted by Gasteiger charge is 2.35. The molecule has 3 aromatic rings. The molecule has 0 unspecified atom stereocenters. The van der Waals surface area contributed by atoms with E-state index in [1.807, 2.05) is 42.5 Å². The molecule has 35 heavy (non-hydrogen) atoms. The number of carbonyl (C=O) groups is 3. The van der Waals surface area contributed by atoms with Gasteiger partial charge in [0.25, 0.3) is 11.1 Å². The van der Waals surface area contributed by atoms with E-state index < -0.39 is 5.97 Å². The molecule has 1 aliphatic rings. The number of amides is 2. The van der Waals surface area contributed by atoms with E-state index in [2.05, 4.69) is 15.9 Å². The number of halogens is 1. The highest BCUT2D eigenvalue weighted by molar-refractivity contribution is 9.10. The highest BCUT2D eigenvalue weighted by atomic mass is 79.9. The van der Waals surface area contributed by atoms with Crippen LogP contribution in [0.15, 0.2) is 64.0 Å². The molecular formula is C26H22BrNO6S. The maximum atomic E-state index is 13.1. The minimum atomic E-state index is -0.495. The smallest absolute Gasteiger partial charge is 0.344 e. The van der Waals surface area contributed by atoms with Crippen molar-refractivity contribution in [3.05, 3.63) is 75.1 Å². The normalized spacial score (nSPS) is 14.6. The molecule has 3 aromatic carbocycles. The van der Waals surface area contributed by atoms with Gasteiger partial charge in [-0.25, -0.2) is 4.79 Å². The van der Waals surface area contributed by atoms with Crippen LogP contribution in [0, 0.1) is 0 Å². The van der Waals surface area contributed by atoms with Gasteiger partial charge in [-0.3, -0.25) is 14.5 Å². The molecule has 0 bridgehead atoms. The second kappa shape index (κ2) is 11.0. The van der Waals surface area contributed by atoms with Crippen LogP contribution in [0.25, 0.3) is 16.8 Å². The summed E-state index contributed by atoms with van der Waals surface area (Å²) in [5, 5.41) is 1.73. The number of nitrogens with zero attached hydrogens (tertiary/aromatic N) is 1. The Hall–Kier alpha value is -3.30. The number of rotatable bonds is 8. The number of carbonyl (C=O) groups excluding carboxylic acids is 3. The summed E-state index contributed by atoms with van der Waals surface area (Å²) in [6, 6.07) is 17.1. The van der Waals surface area contributed by atoms with E-state index in [-0.39, 0.29) is 30.9 Å². The second-order valence-electron chi connectivity index (χ2n) is 7.53. The minimum absolute atomic E-state index is 0.191. The largest absolute Gasteiger partial charge is 0.493 e. The third kappa shape index (κ3) is 5.52. The average Bonchev–Trinajstić information content (AvgIpc) is 3.10. The van der Waals surface area contributed by atoms with Crippen molar-refractivity contribution in [2.24, 2.45) is 0 Å². The molecule has 180 valence electrons. The van der Waals surface area contributed by atoms with Crippen molar-refractivity contribution in [1.29, 1.82) is 0 Å². The van der Waals surface area contributed by atoms with E-state index >= 15 is 0 Å². The van der Waals surface area contributed by atoms with Gasteiger partial charge in [0.1, 0.15) is 0 Å². The van der Waals surface area contributed by atoms with Crippen LogP contribution in [0.4, 0.5) is 4.79 Å². The minimum Gasteiger partial charge on any atom is -0.493 e. The third-order valence-electron chi connectivity index (χ3n) is 5.27. The fourth-order valence-electron chi connectivity index (χ4n) is 3.69. The van der Waals surface area contributed by atoms with Gasteiger partial charge in [0.2, 0.25) is 0 Å². The topological polar surface area (TPSA) is 82.1 Å². The van der Waals surface area contributed by atoms with Gasteiger partial charge in [0, 0.05) is 0 Å². The van der Waals surface area contributed by atoms with E-state index in [4.69, 9.17) is 14.2 Å². The summed E-state index contributed by atoms with van der Waals surface area (Å²) in [5.41, 5.74) is 1.53. The summed E-state index contributed by atoms with van der Waals surface area (Å²) in [7, 11) is 1.47. The predicted octanol–water partition coefficient (Wildman–Crippen LogP) is 5.79. The Balaban J connectivity index is 1.56. The summed E-state index contributed by atoms with van der Waals surface area (Å²) in [4.78, 5) is 39.0. The van der Waals surface area contributed by atoms with Crippen LogP contribution in [0.2, 0.25) is 0 Å². The summed E-state index contributed by atoms with van der Waals surface area (Å²) in [5.74, 6) is -0.150. The number of hydrogen-bond donors (Lipinski definition) is 0. The molecule has 4 rings (SSSR count). The Morgan fingerprint density at radius 3 is 2.66 bits per heavy atom. The number of fused-ring (bicyclic) bond motifs is 1. The molecule has 1 heterocycles. The van der Waals surface area contributed by atoms with Crippen LogP contribution < -0.4 is 9.47 Å². The average molecular weight is 556 g/mol. The van der Waals surface area contributed by atoms with Crippen molar-refractivity contribution < 1.29 is 28.6 Å². The standard InChI is InChI=1S/C26H22BrNO6S/c1-3-33-23(29)15-34-24-20(27)11-16(12-21(24)32-2)13-22-25(30)28(26(31)35-22)14-18-9-6-8-17-7-4-5-10-19(17)18/h4-13H,3,14-15H2,1-2H3/b22-13-. The Morgan fingerprint density at radius 2 is 1.89 bits per heavy atom. The van der Waals surface area contributed by atoms with Crippen LogP contribution >= 0.6 is 27.7 Å². The molecule has 0 radical (unpaired) electrons. The number of thioether (sulfide) groups is 1. The van der Waals surface area contributed by atoms with Gasteiger partial charge in [-0.1, -0.05) is 42.5 Å². The van der Waals surface area contributed by atoms with Crippen LogP contribution in [0.1, 0.15) is 18.1 Å². The lowest BCUT2D eigenvalue weighted by atomic mass is 10.0. The zero-order valence-corrected chi connectivity index (χ0v) is 21.5. The van der Waals surface area contributed by atoms with Crippen LogP contribution in [-0.4, -0.2) is 42.3 Å². The van der Waals surface area contributed by atoms with Crippen molar-refractivity contribution in [3.63, 3.8) is 0 Å². The van der Waals surface area contributed by atoms with Crippen LogP contribution in [0.3, 0.4) is 0 Å². The number of imide groups is 1. The summed E-state index contributed by atoms with van der Waals surface area (Å²) >= 11 is 4.32. The second-order valence-corrected chi connectivity index (χ2v) is 9.38. The Kier molecular flexibility index (Phi) is 7.77. The molecule has 1 aliphatic heterocycles. The fourth-order valence-corrected chi connectivity index (χ4v) is 5.10. The molecule has 7 nitrogen and oxygen atoms in total. The van der Waals surface area contributed by atoms with Gasteiger partial charge in [-0.15, -0.1) is 0 Å². The Morgan fingerprint density at radius 1 is 1.11 bits per heavy atom. The van der Waals surface area contributed by atoms with E-state index in [1.165, 1.54) is 12.0 Å². The first-order chi connectivity index (χ1) is 16.9. The molecule has 0 N–H and O–H groups in total. The fraction of sp³-hybridized carbons (Fsp3) is 0.192. The molecule has 0 saturated carbocycles. The maximum absolute atomic E-state index is 13.1. The first kappa shape index (κ1) is 24.8. The Labute approximate surface area is 215 Å². The van der Waals surface area contributed by atoms with Gasteiger partial charge in [-0.2, -0.15) is 0 Å². The van der Waals surface area contributed by atoms with Gasteiger partial charge >= 0.3 is 5.97 Å². The van der Waals surface area contributed by atoms with Crippen molar-refractivity contribution in [3.8, 4) is 11.5 Å². The van der Waals surface area contributed by atoms with Gasteiger partial charge in [0.15, 0.2) is 18.1 Å². The zero-order valence-electron chi connectivity index (χ0n) is 19.1. The number of esters is 1. The van der Waals surface area contributed by atoms with Gasteiger partial charge < -0.3 is 14.2 Å². The lowest BCUT2D eigenvalue weighted by Gasteiger charge is -2.14. The summed E-state index contributed by atoms with van der Waals surface area (Å²) < 4.78 is 16.4. The van der Waals surface area contributed by atoms with Crippen molar-refractivity contribution in [1.82, 2.24) is 4.90 Å².